The summed E-state index contributed by atoms with van der Waals surface area (Å²) in [6.45, 7) is 1.84. The summed E-state index contributed by atoms with van der Waals surface area (Å²) >= 11 is 0. The summed E-state index contributed by atoms with van der Waals surface area (Å²) in [6, 6.07) is 13.6. The molecule has 5 nitrogen and oxygen atoms in total. The Morgan fingerprint density at radius 1 is 1.12 bits per heavy atom. The first kappa shape index (κ1) is 17.3. The highest BCUT2D eigenvalue weighted by Gasteiger charge is 2.33. The Balaban J connectivity index is 1.98. The zero-order chi connectivity index (χ0) is 18.9. The molecule has 0 aliphatic heterocycles. The molecule has 130 valence electrons. The third-order valence-electron chi connectivity index (χ3n) is 3.98. The van der Waals surface area contributed by atoms with Crippen molar-refractivity contribution >= 4 is 0 Å². The van der Waals surface area contributed by atoms with Crippen molar-refractivity contribution in [1.29, 1.82) is 10.5 Å². The molecule has 3 aromatic rings. The van der Waals surface area contributed by atoms with Crippen LogP contribution < -0.4 is 0 Å². The highest BCUT2D eigenvalue weighted by molar-refractivity contribution is 5.71. The lowest BCUT2D eigenvalue weighted by molar-refractivity contribution is -0.141. The van der Waals surface area contributed by atoms with E-state index in [1.54, 1.807) is 41.8 Å². The normalized spacial score (nSPS) is 11.2. The summed E-state index contributed by atoms with van der Waals surface area (Å²) < 4.78 is 39.7. The van der Waals surface area contributed by atoms with Gasteiger partial charge in [-0.25, -0.2) is 0 Å². The van der Waals surface area contributed by atoms with E-state index in [9.17, 15) is 18.4 Å². The quantitative estimate of drug-likeness (QED) is 0.771. The predicted octanol–water partition coefficient (Wildman–Crippen LogP) is 4.00. The Bertz CT molecular complexity index is 1030. The standard InChI is InChI=1S/C18H12F3N5/c1-11-6-15(13-4-2-12(8-22)3-5-13)16(9-23)26(11)10-14-7-17(25-24-14)18(19,20)21/h2-7H,10H2,1H3,(H,24,25). The van der Waals surface area contributed by atoms with E-state index >= 15 is 0 Å². The lowest BCUT2D eigenvalue weighted by Crippen LogP contribution is -2.05. The zero-order valence-electron chi connectivity index (χ0n) is 13.6. The molecule has 0 aliphatic carbocycles. The first-order valence-electron chi connectivity index (χ1n) is 7.55. The number of hydrogen-bond donors (Lipinski definition) is 1. The van der Waals surface area contributed by atoms with Crippen LogP contribution in [-0.2, 0) is 12.7 Å². The fraction of sp³-hybridized carbons (Fsp3) is 0.167. The molecule has 0 fully saturated rings. The van der Waals surface area contributed by atoms with Crippen molar-refractivity contribution < 1.29 is 13.2 Å². The number of nitriles is 2. The molecular weight excluding hydrogens is 343 g/mol. The maximum Gasteiger partial charge on any atom is 0.435 e. The van der Waals surface area contributed by atoms with Gasteiger partial charge in [0.1, 0.15) is 11.8 Å². The van der Waals surface area contributed by atoms with E-state index in [1.165, 1.54) is 0 Å². The van der Waals surface area contributed by atoms with Crippen molar-refractivity contribution in [2.75, 3.05) is 0 Å². The van der Waals surface area contributed by atoms with Crippen molar-refractivity contribution in [2.24, 2.45) is 0 Å². The number of nitrogens with one attached hydrogen (secondary N) is 1. The molecule has 0 unspecified atom stereocenters. The third-order valence-corrected chi connectivity index (χ3v) is 3.98. The number of H-pyrrole nitrogens is 1. The second-order valence-electron chi connectivity index (χ2n) is 5.71. The topological polar surface area (TPSA) is 81.2 Å². The number of halogens is 3. The summed E-state index contributed by atoms with van der Waals surface area (Å²) in [5.41, 5.74) is 2.22. The van der Waals surface area contributed by atoms with Gasteiger partial charge in [-0.1, -0.05) is 12.1 Å². The number of aromatic amines is 1. The van der Waals surface area contributed by atoms with Crippen molar-refractivity contribution in [3.05, 3.63) is 64.7 Å². The van der Waals surface area contributed by atoms with Gasteiger partial charge >= 0.3 is 6.18 Å². The van der Waals surface area contributed by atoms with Crippen molar-refractivity contribution in [3.63, 3.8) is 0 Å². The molecule has 0 radical (unpaired) electrons. The van der Waals surface area contributed by atoms with Gasteiger partial charge < -0.3 is 4.57 Å². The minimum Gasteiger partial charge on any atom is -0.330 e. The van der Waals surface area contributed by atoms with Gasteiger partial charge in [0.05, 0.1) is 23.9 Å². The molecule has 0 atom stereocenters. The fourth-order valence-electron chi connectivity index (χ4n) is 2.70. The van der Waals surface area contributed by atoms with E-state index < -0.39 is 11.9 Å². The smallest absolute Gasteiger partial charge is 0.330 e. The van der Waals surface area contributed by atoms with Crippen LogP contribution >= 0.6 is 0 Å². The Morgan fingerprint density at radius 3 is 2.35 bits per heavy atom. The molecule has 1 aromatic carbocycles. The Kier molecular flexibility index (Phi) is 4.27. The van der Waals surface area contributed by atoms with Gasteiger partial charge in [0.2, 0.25) is 0 Å². The number of rotatable bonds is 3. The maximum atomic E-state index is 12.7. The molecule has 0 saturated heterocycles. The lowest BCUT2D eigenvalue weighted by Gasteiger charge is -2.07. The van der Waals surface area contributed by atoms with Gasteiger partial charge in [-0.2, -0.15) is 28.8 Å². The summed E-state index contributed by atoms with van der Waals surface area (Å²) in [5, 5.41) is 24.1. The van der Waals surface area contributed by atoms with E-state index in [2.05, 4.69) is 16.3 Å². The first-order chi connectivity index (χ1) is 12.3. The van der Waals surface area contributed by atoms with E-state index in [0.717, 1.165) is 17.3 Å². The predicted molar refractivity (Wildman–Crippen MR) is 86.7 cm³/mol. The Morgan fingerprint density at radius 2 is 1.81 bits per heavy atom. The van der Waals surface area contributed by atoms with Crippen molar-refractivity contribution in [2.45, 2.75) is 19.6 Å². The summed E-state index contributed by atoms with van der Waals surface area (Å²) in [6.07, 6.45) is -4.52. The molecule has 26 heavy (non-hydrogen) atoms. The number of benzene rings is 1. The van der Waals surface area contributed by atoms with Gasteiger partial charge in [0.15, 0.2) is 5.69 Å². The lowest BCUT2D eigenvalue weighted by atomic mass is 10.0. The average Bonchev–Trinajstić information content (AvgIpc) is 3.20. The first-order valence-corrected chi connectivity index (χ1v) is 7.55. The molecule has 2 aromatic heterocycles. The summed E-state index contributed by atoms with van der Waals surface area (Å²) in [5.74, 6) is 0. The average molecular weight is 355 g/mol. The fourth-order valence-corrected chi connectivity index (χ4v) is 2.70. The van der Waals surface area contributed by atoms with Crippen molar-refractivity contribution in [3.8, 4) is 23.3 Å². The van der Waals surface area contributed by atoms with E-state index in [4.69, 9.17) is 5.26 Å². The van der Waals surface area contributed by atoms with Crippen LogP contribution in [0, 0.1) is 29.6 Å². The van der Waals surface area contributed by atoms with E-state index in [1.807, 2.05) is 6.07 Å². The highest BCUT2D eigenvalue weighted by atomic mass is 19.4. The third kappa shape index (κ3) is 3.17. The van der Waals surface area contributed by atoms with Crippen LogP contribution in [0.3, 0.4) is 0 Å². The molecule has 1 N–H and O–H groups in total. The van der Waals surface area contributed by atoms with Crippen LogP contribution in [0.4, 0.5) is 13.2 Å². The van der Waals surface area contributed by atoms with Gasteiger partial charge in [-0.3, -0.25) is 5.10 Å². The van der Waals surface area contributed by atoms with Gasteiger partial charge in [-0.15, -0.1) is 0 Å². The molecule has 0 bridgehead atoms. The number of aromatic nitrogens is 3. The summed E-state index contributed by atoms with van der Waals surface area (Å²) in [4.78, 5) is 0. The van der Waals surface area contributed by atoms with Crippen LogP contribution in [0.5, 0.6) is 0 Å². The molecule has 3 rings (SSSR count). The number of hydrogen-bond acceptors (Lipinski definition) is 3. The van der Waals surface area contributed by atoms with Crippen molar-refractivity contribution in [1.82, 2.24) is 14.8 Å². The minimum absolute atomic E-state index is 0.0636. The van der Waals surface area contributed by atoms with Crippen LogP contribution in [-0.4, -0.2) is 14.8 Å². The maximum absolute atomic E-state index is 12.7. The van der Waals surface area contributed by atoms with E-state index in [0.29, 0.717) is 16.8 Å². The molecule has 0 spiro atoms. The number of alkyl halides is 3. The second-order valence-corrected chi connectivity index (χ2v) is 5.71. The summed E-state index contributed by atoms with van der Waals surface area (Å²) in [7, 11) is 0. The van der Waals surface area contributed by atoms with Crippen LogP contribution in [0.25, 0.3) is 11.1 Å². The van der Waals surface area contributed by atoms with E-state index in [-0.39, 0.29) is 12.2 Å². The Hall–Kier alpha value is -3.52. The molecule has 8 heteroatoms. The zero-order valence-corrected chi connectivity index (χ0v) is 13.6. The Labute approximate surface area is 146 Å². The van der Waals surface area contributed by atoms with Crippen LogP contribution in [0.2, 0.25) is 0 Å². The SMILES string of the molecule is Cc1cc(-c2ccc(C#N)cc2)c(C#N)n1Cc1cc(C(F)(F)F)n[nH]1. The second kappa shape index (κ2) is 6.41. The molecule has 0 saturated carbocycles. The van der Waals surface area contributed by atoms with Gasteiger partial charge in [-0.05, 0) is 36.8 Å². The molecule has 0 amide bonds. The molecule has 0 aliphatic rings. The molecule has 2 heterocycles. The highest BCUT2D eigenvalue weighted by Crippen LogP contribution is 2.30. The van der Waals surface area contributed by atoms with Crippen LogP contribution in [0.1, 0.15) is 28.3 Å². The number of nitrogens with zero attached hydrogens (tertiary/aromatic N) is 4. The van der Waals surface area contributed by atoms with Crippen LogP contribution in [0.15, 0.2) is 36.4 Å². The largest absolute Gasteiger partial charge is 0.435 e. The van der Waals surface area contributed by atoms with Gasteiger partial charge in [0.25, 0.3) is 0 Å². The van der Waals surface area contributed by atoms with Gasteiger partial charge in [0, 0.05) is 11.3 Å². The number of aryl methyl sites for hydroxylation is 1. The monoisotopic (exact) mass is 355 g/mol. The molecular formula is C18H12F3N5. The minimum atomic E-state index is -4.52.